The number of nitrogens with one attached hydrogen (secondary N) is 1. The van der Waals surface area contributed by atoms with Gasteiger partial charge in [-0.2, -0.15) is 0 Å². The minimum Gasteiger partial charge on any atom is -0.375 e. The van der Waals surface area contributed by atoms with E-state index in [-0.39, 0.29) is 12.5 Å². The first-order valence-electron chi connectivity index (χ1n) is 7.48. The minimum atomic E-state index is 0.103. The molecule has 0 aliphatic carbocycles. The highest BCUT2D eigenvalue weighted by Gasteiger charge is 2.20. The van der Waals surface area contributed by atoms with E-state index in [0.717, 1.165) is 24.2 Å². The summed E-state index contributed by atoms with van der Waals surface area (Å²) >= 11 is 6.18. The van der Waals surface area contributed by atoms with Gasteiger partial charge >= 0.3 is 0 Å². The van der Waals surface area contributed by atoms with Crippen LogP contribution in [0.1, 0.15) is 16.7 Å². The Morgan fingerprint density at radius 1 is 1.23 bits per heavy atom. The van der Waals surface area contributed by atoms with E-state index in [2.05, 4.69) is 23.5 Å². The maximum absolute atomic E-state index is 12.4. The molecule has 0 atom stereocenters. The van der Waals surface area contributed by atoms with Gasteiger partial charge in [-0.1, -0.05) is 41.9 Å². The Balaban J connectivity index is 1.61. The summed E-state index contributed by atoms with van der Waals surface area (Å²) in [4.78, 5) is 14.3. The summed E-state index contributed by atoms with van der Waals surface area (Å²) in [6.07, 6.45) is 0.924. The van der Waals surface area contributed by atoms with E-state index in [1.165, 1.54) is 11.1 Å². The Labute approximate surface area is 135 Å². The number of fused-ring (bicyclic) bond motifs is 1. The molecule has 0 saturated carbocycles. The number of amides is 1. The first kappa shape index (κ1) is 14.9. The van der Waals surface area contributed by atoms with Crippen molar-refractivity contribution in [3.05, 3.63) is 64.2 Å². The number of halogens is 1. The van der Waals surface area contributed by atoms with Crippen LogP contribution >= 0.6 is 11.6 Å². The molecule has 2 aromatic carbocycles. The number of nitrogens with zero attached hydrogens (tertiary/aromatic N) is 1. The van der Waals surface area contributed by atoms with Crippen LogP contribution in [0.25, 0.3) is 0 Å². The number of benzene rings is 2. The zero-order valence-electron chi connectivity index (χ0n) is 12.6. The van der Waals surface area contributed by atoms with Gasteiger partial charge in [0.1, 0.15) is 0 Å². The smallest absolute Gasteiger partial charge is 0.242 e. The Kier molecular flexibility index (Phi) is 4.34. The number of aryl methyl sites for hydroxylation is 1. The monoisotopic (exact) mass is 314 g/mol. The second kappa shape index (κ2) is 6.41. The summed E-state index contributed by atoms with van der Waals surface area (Å²) in [5.74, 6) is 0.103. The molecule has 114 valence electrons. The summed E-state index contributed by atoms with van der Waals surface area (Å²) in [6, 6.07) is 14.1. The molecule has 22 heavy (non-hydrogen) atoms. The van der Waals surface area contributed by atoms with E-state index in [0.29, 0.717) is 11.6 Å². The van der Waals surface area contributed by atoms with Gasteiger partial charge in [-0.25, -0.2) is 0 Å². The van der Waals surface area contributed by atoms with Crippen LogP contribution in [0, 0.1) is 6.92 Å². The lowest BCUT2D eigenvalue weighted by Crippen LogP contribution is -2.39. The fourth-order valence-electron chi connectivity index (χ4n) is 2.75. The first-order valence-corrected chi connectivity index (χ1v) is 7.86. The van der Waals surface area contributed by atoms with E-state index in [1.807, 2.05) is 36.1 Å². The van der Waals surface area contributed by atoms with Crippen LogP contribution in [0.15, 0.2) is 42.5 Å². The van der Waals surface area contributed by atoms with Crippen LogP contribution in [0.2, 0.25) is 5.02 Å². The quantitative estimate of drug-likeness (QED) is 0.938. The van der Waals surface area contributed by atoms with E-state index >= 15 is 0 Å². The van der Waals surface area contributed by atoms with Crippen molar-refractivity contribution in [2.24, 2.45) is 0 Å². The normalized spacial score (nSPS) is 13.6. The average molecular weight is 315 g/mol. The molecule has 1 amide bonds. The van der Waals surface area contributed by atoms with Crippen molar-refractivity contribution in [1.29, 1.82) is 0 Å². The Morgan fingerprint density at radius 2 is 2.00 bits per heavy atom. The largest absolute Gasteiger partial charge is 0.375 e. The number of rotatable bonds is 3. The molecule has 1 heterocycles. The van der Waals surface area contributed by atoms with Gasteiger partial charge in [0.15, 0.2) is 0 Å². The van der Waals surface area contributed by atoms with Crippen molar-refractivity contribution in [2.45, 2.75) is 19.9 Å². The van der Waals surface area contributed by atoms with Crippen LogP contribution in [0.5, 0.6) is 0 Å². The summed E-state index contributed by atoms with van der Waals surface area (Å²) in [7, 11) is 0. The number of carbonyl (C=O) groups excluding carboxylic acids is 1. The SMILES string of the molecule is Cc1ccc(NCC(=O)N2CCc3ccccc3C2)c(Cl)c1. The maximum atomic E-state index is 12.4. The average Bonchev–Trinajstić information content (AvgIpc) is 2.53. The highest BCUT2D eigenvalue weighted by molar-refractivity contribution is 6.33. The Morgan fingerprint density at radius 3 is 2.77 bits per heavy atom. The van der Waals surface area contributed by atoms with Gasteiger partial charge in [-0.05, 0) is 42.2 Å². The first-order chi connectivity index (χ1) is 10.6. The van der Waals surface area contributed by atoms with Gasteiger partial charge in [-0.15, -0.1) is 0 Å². The number of anilines is 1. The number of hydrogen-bond acceptors (Lipinski definition) is 2. The predicted molar refractivity (Wildman–Crippen MR) is 90.2 cm³/mol. The van der Waals surface area contributed by atoms with Crippen molar-refractivity contribution < 1.29 is 4.79 Å². The molecule has 0 aromatic heterocycles. The van der Waals surface area contributed by atoms with E-state index in [1.54, 1.807) is 0 Å². The van der Waals surface area contributed by atoms with Crippen LogP contribution in [-0.4, -0.2) is 23.9 Å². The molecule has 0 fully saturated rings. The molecule has 2 aromatic rings. The molecule has 1 aliphatic rings. The maximum Gasteiger partial charge on any atom is 0.242 e. The molecule has 0 radical (unpaired) electrons. The van der Waals surface area contributed by atoms with Gasteiger partial charge in [0, 0.05) is 13.1 Å². The Bertz CT molecular complexity index is 699. The van der Waals surface area contributed by atoms with Crippen molar-refractivity contribution in [2.75, 3.05) is 18.4 Å². The number of carbonyl (C=O) groups is 1. The molecule has 0 bridgehead atoms. The molecule has 0 spiro atoms. The van der Waals surface area contributed by atoms with Crippen molar-refractivity contribution in [3.63, 3.8) is 0 Å². The zero-order chi connectivity index (χ0) is 15.5. The van der Waals surface area contributed by atoms with Crippen molar-refractivity contribution in [3.8, 4) is 0 Å². The predicted octanol–water partition coefficient (Wildman–Crippen LogP) is 3.65. The fourth-order valence-corrected chi connectivity index (χ4v) is 3.06. The standard InChI is InChI=1S/C18H19ClN2O/c1-13-6-7-17(16(19)10-13)20-11-18(22)21-9-8-14-4-2-3-5-15(14)12-21/h2-7,10,20H,8-9,11-12H2,1H3. The van der Waals surface area contributed by atoms with Gasteiger partial charge in [0.05, 0.1) is 17.3 Å². The molecular weight excluding hydrogens is 296 g/mol. The second-order valence-electron chi connectivity index (χ2n) is 5.67. The molecule has 0 unspecified atom stereocenters. The highest BCUT2D eigenvalue weighted by Crippen LogP contribution is 2.23. The number of hydrogen-bond donors (Lipinski definition) is 1. The molecule has 4 heteroatoms. The van der Waals surface area contributed by atoms with E-state index in [9.17, 15) is 4.79 Å². The van der Waals surface area contributed by atoms with Gasteiger partial charge in [0.2, 0.25) is 5.91 Å². The van der Waals surface area contributed by atoms with Gasteiger partial charge in [0.25, 0.3) is 0 Å². The lowest BCUT2D eigenvalue weighted by molar-refractivity contribution is -0.130. The third-order valence-electron chi connectivity index (χ3n) is 4.04. The van der Waals surface area contributed by atoms with Crippen LogP contribution in [0.3, 0.4) is 0 Å². The third-order valence-corrected chi connectivity index (χ3v) is 4.35. The van der Waals surface area contributed by atoms with Gasteiger partial charge < -0.3 is 10.2 Å². The lowest BCUT2D eigenvalue weighted by Gasteiger charge is -2.29. The summed E-state index contributed by atoms with van der Waals surface area (Å²) < 4.78 is 0. The van der Waals surface area contributed by atoms with Crippen molar-refractivity contribution in [1.82, 2.24) is 4.90 Å². The molecule has 3 rings (SSSR count). The van der Waals surface area contributed by atoms with E-state index in [4.69, 9.17) is 11.6 Å². The summed E-state index contributed by atoms with van der Waals surface area (Å²) in [6.45, 7) is 3.73. The summed E-state index contributed by atoms with van der Waals surface area (Å²) in [5, 5.41) is 3.79. The van der Waals surface area contributed by atoms with Crippen LogP contribution in [0.4, 0.5) is 5.69 Å². The topological polar surface area (TPSA) is 32.3 Å². The highest BCUT2D eigenvalue weighted by atomic mass is 35.5. The Hall–Kier alpha value is -2.00. The third kappa shape index (κ3) is 3.25. The zero-order valence-corrected chi connectivity index (χ0v) is 13.4. The molecule has 1 aliphatic heterocycles. The second-order valence-corrected chi connectivity index (χ2v) is 6.08. The van der Waals surface area contributed by atoms with E-state index < -0.39 is 0 Å². The molecule has 0 saturated heterocycles. The molecule has 3 nitrogen and oxygen atoms in total. The van der Waals surface area contributed by atoms with Crippen molar-refractivity contribution >= 4 is 23.2 Å². The van der Waals surface area contributed by atoms with Crippen LogP contribution < -0.4 is 5.32 Å². The van der Waals surface area contributed by atoms with Gasteiger partial charge in [-0.3, -0.25) is 4.79 Å². The minimum absolute atomic E-state index is 0.103. The lowest BCUT2D eigenvalue weighted by atomic mass is 10.00. The summed E-state index contributed by atoms with van der Waals surface area (Å²) in [5.41, 5.74) is 4.50. The fraction of sp³-hybridized carbons (Fsp3) is 0.278. The van der Waals surface area contributed by atoms with Crippen LogP contribution in [-0.2, 0) is 17.8 Å². The molecule has 1 N–H and O–H groups in total. The molecular formula is C18H19ClN2O.